The van der Waals surface area contributed by atoms with Gasteiger partial charge >= 0.3 is 0 Å². The first kappa shape index (κ1) is 24.2. The molecule has 1 fully saturated rings. The Bertz CT molecular complexity index is 807. The highest BCUT2D eigenvalue weighted by molar-refractivity contribution is 14.0. The van der Waals surface area contributed by atoms with Crippen molar-refractivity contribution in [2.75, 3.05) is 44.7 Å². The fourth-order valence-corrected chi connectivity index (χ4v) is 3.36. The lowest BCUT2D eigenvalue weighted by atomic mass is 10.1. The van der Waals surface area contributed by atoms with Crippen molar-refractivity contribution in [2.24, 2.45) is 10.9 Å². The molecule has 8 heteroatoms. The second-order valence-corrected chi connectivity index (χ2v) is 7.09. The van der Waals surface area contributed by atoms with E-state index in [-0.39, 0.29) is 24.0 Å². The van der Waals surface area contributed by atoms with Gasteiger partial charge in [0.2, 0.25) is 0 Å². The standard InChI is InChI=1S/C22H28F2N4O.HI/c1-25-22(26-11-5-13-29-19-6-3-2-4-7-19)27-15-17-10-12-28(16-17)18-8-9-20(23)21(24)14-18;/h2-4,6-9,14,17H,5,10-13,15-16H2,1H3,(H2,25,26,27);1H. The molecule has 30 heavy (non-hydrogen) atoms. The molecule has 0 bridgehead atoms. The normalized spacial score (nSPS) is 16.2. The maximum Gasteiger partial charge on any atom is 0.190 e. The van der Waals surface area contributed by atoms with Crippen molar-refractivity contribution in [2.45, 2.75) is 12.8 Å². The Morgan fingerprint density at radius 3 is 2.67 bits per heavy atom. The molecule has 0 amide bonds. The third-order valence-corrected chi connectivity index (χ3v) is 4.96. The predicted octanol–water partition coefficient (Wildman–Crippen LogP) is 4.04. The number of halogens is 3. The van der Waals surface area contributed by atoms with Gasteiger partial charge in [0.05, 0.1) is 6.61 Å². The van der Waals surface area contributed by atoms with Crippen LogP contribution >= 0.6 is 24.0 Å². The number of aliphatic imine (C=N–C) groups is 1. The summed E-state index contributed by atoms with van der Waals surface area (Å²) in [4.78, 5) is 6.34. The lowest BCUT2D eigenvalue weighted by Gasteiger charge is -2.19. The van der Waals surface area contributed by atoms with Crippen LogP contribution < -0.4 is 20.3 Å². The molecule has 0 radical (unpaired) electrons. The summed E-state index contributed by atoms with van der Waals surface area (Å²) in [7, 11) is 1.75. The number of para-hydroxylation sites is 1. The number of nitrogens with one attached hydrogen (secondary N) is 2. The minimum absolute atomic E-state index is 0. The first-order valence-electron chi connectivity index (χ1n) is 9.98. The van der Waals surface area contributed by atoms with Crippen molar-refractivity contribution in [3.8, 4) is 5.75 Å². The molecule has 1 heterocycles. The average Bonchev–Trinajstić information content (AvgIpc) is 3.22. The number of ether oxygens (including phenoxy) is 1. The summed E-state index contributed by atoms with van der Waals surface area (Å²) >= 11 is 0. The van der Waals surface area contributed by atoms with Crippen LogP contribution in [-0.4, -0.2) is 45.8 Å². The molecule has 3 rings (SSSR count). The maximum absolute atomic E-state index is 13.5. The summed E-state index contributed by atoms with van der Waals surface area (Å²) < 4.78 is 32.2. The Morgan fingerprint density at radius 2 is 1.93 bits per heavy atom. The second-order valence-electron chi connectivity index (χ2n) is 7.09. The Balaban J connectivity index is 0.00000320. The van der Waals surface area contributed by atoms with Crippen molar-refractivity contribution in [1.82, 2.24) is 10.6 Å². The highest BCUT2D eigenvalue weighted by atomic mass is 127. The van der Waals surface area contributed by atoms with Crippen LogP contribution in [0.1, 0.15) is 12.8 Å². The largest absolute Gasteiger partial charge is 0.494 e. The van der Waals surface area contributed by atoms with E-state index in [0.717, 1.165) is 56.4 Å². The first-order chi connectivity index (χ1) is 14.2. The summed E-state index contributed by atoms with van der Waals surface area (Å²) in [6.45, 7) is 3.82. The maximum atomic E-state index is 13.5. The van der Waals surface area contributed by atoms with Gasteiger partial charge in [-0.05, 0) is 43.0 Å². The third-order valence-electron chi connectivity index (χ3n) is 4.96. The summed E-state index contributed by atoms with van der Waals surface area (Å²) in [5.74, 6) is 0.445. The molecule has 1 atom stereocenters. The molecule has 0 spiro atoms. The van der Waals surface area contributed by atoms with Gasteiger partial charge in [0.25, 0.3) is 0 Å². The quantitative estimate of drug-likeness (QED) is 0.234. The van der Waals surface area contributed by atoms with Gasteiger partial charge in [0.1, 0.15) is 5.75 Å². The first-order valence-corrected chi connectivity index (χ1v) is 9.98. The fraction of sp³-hybridized carbons (Fsp3) is 0.409. The molecule has 1 saturated heterocycles. The molecule has 5 nitrogen and oxygen atoms in total. The van der Waals surface area contributed by atoms with Crippen molar-refractivity contribution in [3.63, 3.8) is 0 Å². The van der Waals surface area contributed by atoms with Crippen LogP contribution in [0.5, 0.6) is 5.75 Å². The minimum Gasteiger partial charge on any atom is -0.494 e. The van der Waals surface area contributed by atoms with Crippen molar-refractivity contribution >= 4 is 35.6 Å². The number of benzene rings is 2. The summed E-state index contributed by atoms with van der Waals surface area (Å²) in [6.07, 6.45) is 1.86. The molecule has 1 aliphatic rings. The van der Waals surface area contributed by atoms with E-state index >= 15 is 0 Å². The van der Waals surface area contributed by atoms with Gasteiger partial charge in [-0.1, -0.05) is 18.2 Å². The lowest BCUT2D eigenvalue weighted by Crippen LogP contribution is -2.40. The molecule has 1 aliphatic heterocycles. The Labute approximate surface area is 193 Å². The van der Waals surface area contributed by atoms with E-state index in [0.29, 0.717) is 12.5 Å². The second kappa shape index (κ2) is 12.6. The number of anilines is 1. The van der Waals surface area contributed by atoms with E-state index in [4.69, 9.17) is 4.74 Å². The Morgan fingerprint density at radius 1 is 1.13 bits per heavy atom. The molecule has 2 aromatic rings. The van der Waals surface area contributed by atoms with Crippen LogP contribution in [-0.2, 0) is 0 Å². The summed E-state index contributed by atoms with van der Waals surface area (Å²) in [6, 6.07) is 13.8. The highest BCUT2D eigenvalue weighted by Gasteiger charge is 2.23. The molecule has 2 N–H and O–H groups in total. The summed E-state index contributed by atoms with van der Waals surface area (Å²) in [5.41, 5.74) is 0.729. The van der Waals surface area contributed by atoms with Gasteiger partial charge in [-0.25, -0.2) is 8.78 Å². The van der Waals surface area contributed by atoms with Gasteiger partial charge in [-0.2, -0.15) is 0 Å². The Kier molecular flexibility index (Phi) is 10.1. The molecule has 1 unspecified atom stereocenters. The van der Waals surface area contributed by atoms with Crippen LogP contribution in [0, 0.1) is 17.6 Å². The zero-order valence-corrected chi connectivity index (χ0v) is 19.4. The van der Waals surface area contributed by atoms with Crippen LogP contribution in [0.3, 0.4) is 0 Å². The van der Waals surface area contributed by atoms with E-state index in [2.05, 4.69) is 20.5 Å². The molecular weight excluding hydrogens is 501 g/mol. The molecule has 0 aromatic heterocycles. The molecule has 0 saturated carbocycles. The van der Waals surface area contributed by atoms with Gasteiger partial charge in [0.15, 0.2) is 17.6 Å². The van der Waals surface area contributed by atoms with Crippen molar-refractivity contribution in [1.29, 1.82) is 0 Å². The van der Waals surface area contributed by atoms with Gasteiger partial charge in [0, 0.05) is 45.0 Å². The van der Waals surface area contributed by atoms with E-state index in [1.165, 1.54) is 12.1 Å². The highest BCUT2D eigenvalue weighted by Crippen LogP contribution is 2.24. The van der Waals surface area contributed by atoms with Crippen LogP contribution in [0.15, 0.2) is 53.5 Å². The molecular formula is C22H29F2IN4O. The zero-order chi connectivity index (χ0) is 20.5. The lowest BCUT2D eigenvalue weighted by molar-refractivity contribution is 0.311. The average molecular weight is 530 g/mol. The van der Waals surface area contributed by atoms with E-state index < -0.39 is 11.6 Å². The van der Waals surface area contributed by atoms with E-state index in [9.17, 15) is 8.78 Å². The minimum atomic E-state index is -0.810. The molecule has 0 aliphatic carbocycles. The number of hydrogen-bond acceptors (Lipinski definition) is 3. The fourth-order valence-electron chi connectivity index (χ4n) is 3.36. The Hall–Kier alpha value is -2.10. The van der Waals surface area contributed by atoms with Crippen LogP contribution in [0.2, 0.25) is 0 Å². The van der Waals surface area contributed by atoms with Crippen molar-refractivity contribution in [3.05, 3.63) is 60.2 Å². The SMILES string of the molecule is CN=C(NCCCOc1ccccc1)NCC1CCN(c2ccc(F)c(F)c2)C1.I. The van der Waals surface area contributed by atoms with E-state index in [1.54, 1.807) is 13.1 Å². The monoisotopic (exact) mass is 530 g/mol. The topological polar surface area (TPSA) is 48.9 Å². The van der Waals surface area contributed by atoms with Gasteiger partial charge in [-0.3, -0.25) is 4.99 Å². The van der Waals surface area contributed by atoms with Gasteiger partial charge in [-0.15, -0.1) is 24.0 Å². The molecule has 2 aromatic carbocycles. The predicted molar refractivity (Wildman–Crippen MR) is 128 cm³/mol. The number of guanidine groups is 1. The zero-order valence-electron chi connectivity index (χ0n) is 17.1. The third kappa shape index (κ3) is 7.30. The van der Waals surface area contributed by atoms with Crippen LogP contribution in [0.4, 0.5) is 14.5 Å². The van der Waals surface area contributed by atoms with Crippen LogP contribution in [0.25, 0.3) is 0 Å². The number of rotatable bonds is 8. The summed E-state index contributed by atoms with van der Waals surface area (Å²) in [5, 5.41) is 6.64. The van der Waals surface area contributed by atoms with E-state index in [1.807, 2.05) is 30.3 Å². The van der Waals surface area contributed by atoms with Gasteiger partial charge < -0.3 is 20.3 Å². The number of nitrogens with zero attached hydrogens (tertiary/aromatic N) is 2. The molecule has 164 valence electrons. The smallest absolute Gasteiger partial charge is 0.190 e. The number of hydrogen-bond donors (Lipinski definition) is 2. The van der Waals surface area contributed by atoms with Crippen molar-refractivity contribution < 1.29 is 13.5 Å².